The second kappa shape index (κ2) is 6.46. The lowest BCUT2D eigenvalue weighted by atomic mass is 9.55. The zero-order valence-corrected chi connectivity index (χ0v) is 20.6. The van der Waals surface area contributed by atoms with Crippen LogP contribution in [0.5, 0.6) is 0 Å². The monoisotopic (exact) mass is 449 g/mol. The van der Waals surface area contributed by atoms with Gasteiger partial charge >= 0.3 is 11.4 Å². The van der Waals surface area contributed by atoms with Gasteiger partial charge in [-0.3, -0.25) is 0 Å². The summed E-state index contributed by atoms with van der Waals surface area (Å²) in [4.78, 5) is 28.3. The minimum atomic E-state index is -0.344. The lowest BCUT2D eigenvalue weighted by Gasteiger charge is -2.58. The third kappa shape index (κ3) is 2.26. The van der Waals surface area contributed by atoms with Gasteiger partial charge < -0.3 is 0 Å². The Morgan fingerprint density at radius 1 is 0.939 bits per heavy atom. The first-order valence-electron chi connectivity index (χ1n) is 13.7. The smallest absolute Gasteiger partial charge is 0.246 e. The second-order valence-corrected chi connectivity index (χ2v) is 13.0. The van der Waals surface area contributed by atoms with E-state index in [0.717, 1.165) is 25.7 Å². The van der Waals surface area contributed by atoms with E-state index >= 15 is 0 Å². The summed E-state index contributed by atoms with van der Waals surface area (Å²) in [6.45, 7) is 7.08. The van der Waals surface area contributed by atoms with Crippen molar-refractivity contribution in [2.75, 3.05) is 0 Å². The van der Waals surface area contributed by atoms with Crippen LogP contribution in [-0.2, 0) is 5.54 Å². The summed E-state index contributed by atoms with van der Waals surface area (Å²) in [5.74, 6) is 1.40. The fraction of sp³-hybridized carbons (Fsp3) is 0.786. The highest BCUT2D eigenvalue weighted by Crippen LogP contribution is 2.69. The van der Waals surface area contributed by atoms with Gasteiger partial charge in [0, 0.05) is 17.9 Å². The van der Waals surface area contributed by atoms with Gasteiger partial charge in [0.25, 0.3) is 0 Å². The maximum atomic E-state index is 14.3. The fourth-order valence-corrected chi connectivity index (χ4v) is 9.43. The van der Waals surface area contributed by atoms with E-state index < -0.39 is 0 Å². The maximum Gasteiger partial charge on any atom is 0.348 e. The molecule has 1 aromatic rings. The first-order chi connectivity index (χ1) is 15.8. The van der Waals surface area contributed by atoms with Crippen LogP contribution >= 0.6 is 0 Å². The van der Waals surface area contributed by atoms with E-state index in [0.29, 0.717) is 17.8 Å². The van der Waals surface area contributed by atoms with E-state index in [-0.39, 0.29) is 39.8 Å². The highest BCUT2D eigenvalue weighted by molar-refractivity contribution is 5.38. The van der Waals surface area contributed by atoms with Crippen LogP contribution in [0.15, 0.2) is 33.4 Å². The van der Waals surface area contributed by atoms with Crippen molar-refractivity contribution in [2.24, 2.45) is 28.6 Å². The number of hydrogen-bond acceptors (Lipinski definition) is 2. The van der Waals surface area contributed by atoms with Crippen LogP contribution in [0.3, 0.4) is 0 Å². The zero-order valence-electron chi connectivity index (χ0n) is 20.6. The summed E-state index contributed by atoms with van der Waals surface area (Å²) in [7, 11) is 0. The maximum absolute atomic E-state index is 14.3. The molecule has 7 aliphatic rings. The third-order valence-electron chi connectivity index (χ3n) is 11.7. The number of fused-ring (bicyclic) bond motifs is 2. The van der Waals surface area contributed by atoms with Crippen LogP contribution in [0, 0.1) is 28.6 Å². The van der Waals surface area contributed by atoms with Crippen molar-refractivity contribution in [3.63, 3.8) is 0 Å². The Bertz CT molecular complexity index is 1190. The molecular weight excluding hydrogens is 410 g/mol. The van der Waals surface area contributed by atoms with Crippen molar-refractivity contribution in [2.45, 2.75) is 109 Å². The predicted molar refractivity (Wildman–Crippen MR) is 129 cm³/mol. The van der Waals surface area contributed by atoms with Gasteiger partial charge in [0.1, 0.15) is 0 Å². The molecule has 0 aromatic carbocycles. The highest BCUT2D eigenvalue weighted by atomic mass is 16.2. The third-order valence-corrected chi connectivity index (χ3v) is 11.7. The van der Waals surface area contributed by atoms with E-state index in [1.807, 2.05) is 9.36 Å². The Kier molecular flexibility index (Phi) is 4.03. The molecule has 1 aromatic heterocycles. The van der Waals surface area contributed by atoms with Gasteiger partial charge in [0.15, 0.2) is 0 Å². The summed E-state index contributed by atoms with van der Waals surface area (Å²) in [5.41, 5.74) is 1.33. The molecule has 3 saturated carbocycles. The first-order valence-corrected chi connectivity index (χ1v) is 13.7. The van der Waals surface area contributed by atoms with Crippen LogP contribution in [0.1, 0.15) is 103 Å². The molecular formula is C28H39N3O2. The van der Waals surface area contributed by atoms with Gasteiger partial charge in [-0.05, 0) is 55.3 Å². The van der Waals surface area contributed by atoms with E-state index in [4.69, 9.17) is 0 Å². The summed E-state index contributed by atoms with van der Waals surface area (Å²) >= 11 is 0. The van der Waals surface area contributed by atoms with Crippen LogP contribution in [-0.4, -0.2) is 13.9 Å². The minimum absolute atomic E-state index is 0.00612. The molecule has 8 rings (SSSR count). The number of rotatable bonds is 1. The largest absolute Gasteiger partial charge is 0.348 e. The molecule has 0 N–H and O–H groups in total. The van der Waals surface area contributed by atoms with Crippen molar-refractivity contribution in [3.8, 4) is 0 Å². The lowest BCUT2D eigenvalue weighted by Crippen LogP contribution is -2.62. The Hall–Kier alpha value is -1.78. The molecule has 7 atom stereocenters. The van der Waals surface area contributed by atoms with Gasteiger partial charge in [-0.2, -0.15) is 0 Å². The fourth-order valence-electron chi connectivity index (χ4n) is 9.43. The van der Waals surface area contributed by atoms with E-state index in [1.54, 1.807) is 10.1 Å². The van der Waals surface area contributed by atoms with Gasteiger partial charge in [-0.1, -0.05) is 76.7 Å². The summed E-state index contributed by atoms with van der Waals surface area (Å²) < 4.78 is 5.62. The van der Waals surface area contributed by atoms with Crippen molar-refractivity contribution < 1.29 is 0 Å². The molecule has 1 spiro atoms. The van der Waals surface area contributed by atoms with Gasteiger partial charge in [-0.25, -0.2) is 23.5 Å². The number of nitrogens with zero attached hydrogens (tertiary/aromatic N) is 3. The molecule has 4 bridgehead atoms. The predicted octanol–water partition coefficient (Wildman–Crippen LogP) is 5.33. The molecule has 5 heteroatoms. The number of aromatic nitrogens is 3. The van der Waals surface area contributed by atoms with Crippen LogP contribution in [0.4, 0.5) is 0 Å². The molecule has 33 heavy (non-hydrogen) atoms. The molecule has 0 saturated heterocycles. The topological polar surface area (TPSA) is 48.9 Å². The van der Waals surface area contributed by atoms with Crippen molar-refractivity contribution in [3.05, 3.63) is 44.8 Å². The molecule has 3 heterocycles. The number of hydrogen-bond donors (Lipinski definition) is 0. The van der Waals surface area contributed by atoms with Gasteiger partial charge in [0.2, 0.25) is 0 Å². The van der Waals surface area contributed by atoms with Crippen molar-refractivity contribution in [1.82, 2.24) is 13.9 Å². The highest BCUT2D eigenvalue weighted by Gasteiger charge is 2.64. The Labute approximate surface area is 196 Å². The minimum Gasteiger partial charge on any atom is -0.246 e. The van der Waals surface area contributed by atoms with Gasteiger partial charge in [-0.15, -0.1) is 0 Å². The number of allylic oxidation sites excluding steroid dienone is 4. The summed E-state index contributed by atoms with van der Waals surface area (Å²) in [5, 5.41) is 0. The van der Waals surface area contributed by atoms with Crippen molar-refractivity contribution >= 4 is 0 Å². The molecule has 0 amide bonds. The molecule has 3 fully saturated rings. The Morgan fingerprint density at radius 3 is 2.42 bits per heavy atom. The lowest BCUT2D eigenvalue weighted by molar-refractivity contribution is 0.0321. The molecule has 0 unspecified atom stereocenters. The van der Waals surface area contributed by atoms with E-state index in [9.17, 15) is 9.59 Å². The molecule has 0 radical (unpaired) electrons. The zero-order chi connectivity index (χ0) is 22.8. The Balaban J connectivity index is 1.40. The van der Waals surface area contributed by atoms with Gasteiger partial charge in [0.05, 0.1) is 11.6 Å². The van der Waals surface area contributed by atoms with Crippen LogP contribution < -0.4 is 11.4 Å². The average molecular weight is 450 g/mol. The van der Waals surface area contributed by atoms with Crippen molar-refractivity contribution in [1.29, 1.82) is 0 Å². The summed E-state index contributed by atoms with van der Waals surface area (Å²) in [6, 6.07) is 0.0343. The van der Waals surface area contributed by atoms with E-state index in [2.05, 4.69) is 39.0 Å². The first kappa shape index (κ1) is 20.6. The molecule has 5 nitrogen and oxygen atoms in total. The quantitative estimate of drug-likeness (QED) is 0.545. The molecule has 178 valence electrons. The molecule has 5 aliphatic carbocycles. The second-order valence-electron chi connectivity index (χ2n) is 13.0. The van der Waals surface area contributed by atoms with E-state index in [1.165, 1.54) is 44.9 Å². The average Bonchev–Trinajstić information content (AvgIpc) is 3.22. The van der Waals surface area contributed by atoms with Crippen LogP contribution in [0.2, 0.25) is 0 Å². The normalized spacial score (nSPS) is 44.6. The Morgan fingerprint density at radius 2 is 1.70 bits per heavy atom. The molecule has 2 aliphatic heterocycles. The SMILES string of the molecule is CC1(C)[C@H]2CC[C@@]1(C)[C@H](n1c(=O)n3n(c1=O)[C@@]14C=C[C@H]3[C@@H]3C=C(CCCCCCCC1)[C@@H]34)C2. The summed E-state index contributed by atoms with van der Waals surface area (Å²) in [6.07, 6.45) is 20.1. The standard InChI is InChI=1S/C28H39N3O2/c1-26(2)19-11-14-27(26,3)22(17-19)29-24(32)30-21-12-15-28(31(30)25(29)33)13-9-7-5-4-6-8-10-18-16-20(21)23(18)28/h12,15-16,19-23H,4-11,13-14,17H2,1-3H3/t19-,20-,21-,22+,23-,27-,28+/m0/s1. The van der Waals surface area contributed by atoms with Crippen LogP contribution in [0.25, 0.3) is 0 Å².